The molecule has 0 bridgehead atoms. The molecular weight excluding hydrogens is 304 g/mol. The van der Waals surface area contributed by atoms with Crippen LogP contribution in [0.5, 0.6) is 11.6 Å². The molecule has 24 heavy (non-hydrogen) atoms. The molecular formula is C18H22N4O2. The molecule has 3 rings (SSSR count). The van der Waals surface area contributed by atoms with Crippen molar-refractivity contribution in [2.75, 3.05) is 27.2 Å². The smallest absolute Gasteiger partial charge is 0.238 e. The Labute approximate surface area is 142 Å². The van der Waals surface area contributed by atoms with Gasteiger partial charge in [0.1, 0.15) is 5.75 Å². The molecule has 1 aliphatic rings. The van der Waals surface area contributed by atoms with Gasteiger partial charge in [-0.2, -0.15) is 0 Å². The van der Waals surface area contributed by atoms with Gasteiger partial charge in [-0.15, -0.1) is 0 Å². The van der Waals surface area contributed by atoms with Crippen LogP contribution in [-0.2, 0) is 4.79 Å². The first kappa shape index (κ1) is 16.4. The van der Waals surface area contributed by atoms with E-state index >= 15 is 0 Å². The average Bonchev–Trinajstić information content (AvgIpc) is 3.04. The molecule has 0 N–H and O–H groups in total. The minimum absolute atomic E-state index is 0.103. The molecule has 0 spiro atoms. The van der Waals surface area contributed by atoms with Crippen LogP contribution in [0.25, 0.3) is 0 Å². The van der Waals surface area contributed by atoms with Crippen molar-refractivity contribution in [3.8, 4) is 11.6 Å². The molecule has 1 unspecified atom stereocenters. The molecule has 1 fully saturated rings. The van der Waals surface area contributed by atoms with Crippen molar-refractivity contribution >= 4 is 5.91 Å². The van der Waals surface area contributed by atoms with E-state index in [-0.39, 0.29) is 11.9 Å². The first-order valence-corrected chi connectivity index (χ1v) is 8.12. The lowest BCUT2D eigenvalue weighted by Crippen LogP contribution is -2.36. The zero-order chi connectivity index (χ0) is 16.9. The Morgan fingerprint density at radius 2 is 2.08 bits per heavy atom. The lowest BCUT2D eigenvalue weighted by molar-refractivity contribution is -0.130. The zero-order valence-corrected chi connectivity index (χ0v) is 14.1. The number of benzene rings is 1. The van der Waals surface area contributed by atoms with Gasteiger partial charge in [0.05, 0.1) is 30.7 Å². The van der Waals surface area contributed by atoms with Gasteiger partial charge < -0.3 is 9.64 Å². The first-order valence-electron chi connectivity index (χ1n) is 8.12. The summed E-state index contributed by atoms with van der Waals surface area (Å²) in [6.07, 6.45) is 5.41. The molecule has 1 aliphatic heterocycles. The first-order chi connectivity index (χ1) is 11.6. The van der Waals surface area contributed by atoms with Crippen LogP contribution in [0.15, 0.2) is 42.7 Å². The summed E-state index contributed by atoms with van der Waals surface area (Å²) in [6.45, 7) is 1.30. The standard InChI is InChI=1S/C18H22N4O2/c1-21(2)18(23)13-22-10-6-9-16(22)15-11-19-12-17(20-15)24-14-7-4-3-5-8-14/h3-5,7-8,11-12,16H,6,9-10,13H2,1-2H3. The third-order valence-corrected chi connectivity index (χ3v) is 4.14. The number of likely N-dealkylation sites (N-methyl/N-ethyl adjacent to an activating group) is 1. The third kappa shape index (κ3) is 3.89. The van der Waals surface area contributed by atoms with Crippen molar-refractivity contribution in [2.24, 2.45) is 0 Å². The summed E-state index contributed by atoms with van der Waals surface area (Å²) in [5.41, 5.74) is 0.854. The van der Waals surface area contributed by atoms with E-state index in [1.807, 2.05) is 30.3 Å². The number of amides is 1. The second kappa shape index (κ2) is 7.40. The Morgan fingerprint density at radius 3 is 2.83 bits per heavy atom. The second-order valence-corrected chi connectivity index (χ2v) is 6.11. The van der Waals surface area contributed by atoms with E-state index in [2.05, 4.69) is 14.9 Å². The summed E-state index contributed by atoms with van der Waals surface area (Å²) in [5, 5.41) is 0. The van der Waals surface area contributed by atoms with E-state index in [1.54, 1.807) is 31.4 Å². The Morgan fingerprint density at radius 1 is 1.29 bits per heavy atom. The van der Waals surface area contributed by atoms with Crippen LogP contribution in [0, 0.1) is 0 Å². The van der Waals surface area contributed by atoms with E-state index in [9.17, 15) is 4.79 Å². The molecule has 1 saturated heterocycles. The fraction of sp³-hybridized carbons (Fsp3) is 0.389. The highest BCUT2D eigenvalue weighted by Gasteiger charge is 2.29. The normalized spacial score (nSPS) is 17.7. The quantitative estimate of drug-likeness (QED) is 0.845. The number of nitrogens with zero attached hydrogens (tertiary/aromatic N) is 4. The van der Waals surface area contributed by atoms with E-state index in [0.29, 0.717) is 12.4 Å². The van der Waals surface area contributed by atoms with Gasteiger partial charge >= 0.3 is 0 Å². The molecule has 1 atom stereocenters. The highest BCUT2D eigenvalue weighted by Crippen LogP contribution is 2.31. The number of para-hydroxylation sites is 1. The van der Waals surface area contributed by atoms with Gasteiger partial charge in [-0.1, -0.05) is 18.2 Å². The topological polar surface area (TPSA) is 58.6 Å². The minimum atomic E-state index is 0.103. The van der Waals surface area contributed by atoms with Crippen LogP contribution in [0.2, 0.25) is 0 Å². The molecule has 6 heteroatoms. The van der Waals surface area contributed by atoms with Crippen LogP contribution in [-0.4, -0.2) is 52.9 Å². The Hall–Kier alpha value is -2.47. The van der Waals surface area contributed by atoms with Gasteiger partial charge in [0, 0.05) is 14.1 Å². The second-order valence-electron chi connectivity index (χ2n) is 6.11. The SMILES string of the molecule is CN(C)C(=O)CN1CCCC1c1cncc(Oc2ccccc2)n1. The fourth-order valence-electron chi connectivity index (χ4n) is 2.85. The number of carbonyl (C=O) groups excluding carboxylic acids is 1. The van der Waals surface area contributed by atoms with Gasteiger partial charge in [0.2, 0.25) is 11.8 Å². The number of likely N-dealkylation sites (tertiary alicyclic amines) is 1. The summed E-state index contributed by atoms with van der Waals surface area (Å²) in [6, 6.07) is 9.64. The molecule has 1 aromatic carbocycles. The number of carbonyl (C=O) groups is 1. The number of ether oxygens (including phenoxy) is 1. The van der Waals surface area contributed by atoms with E-state index < -0.39 is 0 Å². The van der Waals surface area contributed by atoms with Gasteiger partial charge in [-0.05, 0) is 31.5 Å². The largest absolute Gasteiger partial charge is 0.437 e. The van der Waals surface area contributed by atoms with Crippen LogP contribution in [0.4, 0.5) is 0 Å². The Balaban J connectivity index is 1.74. The van der Waals surface area contributed by atoms with Crippen molar-refractivity contribution in [2.45, 2.75) is 18.9 Å². The predicted molar refractivity (Wildman–Crippen MR) is 90.8 cm³/mol. The summed E-state index contributed by atoms with van der Waals surface area (Å²) < 4.78 is 5.77. The van der Waals surface area contributed by atoms with Gasteiger partial charge in [-0.3, -0.25) is 14.7 Å². The molecule has 1 aromatic heterocycles. The lowest BCUT2D eigenvalue weighted by Gasteiger charge is -2.24. The summed E-state index contributed by atoms with van der Waals surface area (Å²) >= 11 is 0. The van der Waals surface area contributed by atoms with E-state index in [4.69, 9.17) is 4.74 Å². The zero-order valence-electron chi connectivity index (χ0n) is 14.1. The number of hydrogen-bond acceptors (Lipinski definition) is 5. The lowest BCUT2D eigenvalue weighted by atomic mass is 10.1. The van der Waals surface area contributed by atoms with Crippen molar-refractivity contribution in [3.63, 3.8) is 0 Å². The molecule has 126 valence electrons. The fourth-order valence-corrected chi connectivity index (χ4v) is 2.85. The van der Waals surface area contributed by atoms with Crippen molar-refractivity contribution in [1.29, 1.82) is 0 Å². The Kier molecular flexibility index (Phi) is 5.05. The molecule has 0 radical (unpaired) electrons. The molecule has 6 nitrogen and oxygen atoms in total. The third-order valence-electron chi connectivity index (χ3n) is 4.14. The monoisotopic (exact) mass is 326 g/mol. The van der Waals surface area contributed by atoms with Crippen molar-refractivity contribution in [3.05, 3.63) is 48.4 Å². The molecule has 1 amide bonds. The molecule has 0 saturated carbocycles. The van der Waals surface area contributed by atoms with Crippen LogP contribution >= 0.6 is 0 Å². The van der Waals surface area contributed by atoms with Gasteiger partial charge in [-0.25, -0.2) is 4.98 Å². The number of aromatic nitrogens is 2. The van der Waals surface area contributed by atoms with Crippen molar-refractivity contribution < 1.29 is 9.53 Å². The average molecular weight is 326 g/mol. The molecule has 2 aromatic rings. The summed E-state index contributed by atoms with van der Waals surface area (Å²) in [7, 11) is 3.56. The maximum absolute atomic E-state index is 12.0. The summed E-state index contributed by atoms with van der Waals surface area (Å²) in [4.78, 5) is 24.7. The predicted octanol–water partition coefficient (Wildman–Crippen LogP) is 2.49. The van der Waals surface area contributed by atoms with E-state index in [0.717, 1.165) is 30.8 Å². The molecule has 2 heterocycles. The van der Waals surface area contributed by atoms with Crippen molar-refractivity contribution in [1.82, 2.24) is 19.8 Å². The Bertz CT molecular complexity index is 690. The molecule has 0 aliphatic carbocycles. The van der Waals surface area contributed by atoms with Crippen LogP contribution in [0.1, 0.15) is 24.6 Å². The van der Waals surface area contributed by atoms with Crippen LogP contribution < -0.4 is 4.74 Å². The van der Waals surface area contributed by atoms with Gasteiger partial charge in [0.15, 0.2) is 0 Å². The number of rotatable bonds is 5. The van der Waals surface area contributed by atoms with Crippen LogP contribution in [0.3, 0.4) is 0 Å². The maximum atomic E-state index is 12.0. The summed E-state index contributed by atoms with van der Waals surface area (Å²) in [5.74, 6) is 1.31. The van der Waals surface area contributed by atoms with E-state index in [1.165, 1.54) is 0 Å². The highest BCUT2D eigenvalue weighted by molar-refractivity contribution is 5.77. The maximum Gasteiger partial charge on any atom is 0.238 e. The minimum Gasteiger partial charge on any atom is -0.437 e. The van der Waals surface area contributed by atoms with Gasteiger partial charge in [0.25, 0.3) is 0 Å². The number of hydrogen-bond donors (Lipinski definition) is 0. The highest BCUT2D eigenvalue weighted by atomic mass is 16.5.